The Morgan fingerprint density at radius 3 is 2.64 bits per heavy atom. The monoisotopic (exact) mass is 384 g/mol. The third-order valence-corrected chi connectivity index (χ3v) is 5.40. The van der Waals surface area contributed by atoms with Gasteiger partial charge in [-0.2, -0.15) is 8.78 Å². The van der Waals surface area contributed by atoms with Gasteiger partial charge in [0.2, 0.25) is 0 Å². The maximum Gasteiger partial charge on any atom is 0.289 e. The van der Waals surface area contributed by atoms with Gasteiger partial charge in [-0.15, -0.1) is 11.8 Å². The van der Waals surface area contributed by atoms with Crippen LogP contribution in [0.25, 0.3) is 0 Å². The highest BCUT2D eigenvalue weighted by molar-refractivity contribution is 7.99. The lowest BCUT2D eigenvalue weighted by Crippen LogP contribution is -1.97. The fourth-order valence-electron chi connectivity index (χ4n) is 2.40. The molecule has 134 valence electrons. The number of hydrogen-bond acceptors (Lipinski definition) is 5. The van der Waals surface area contributed by atoms with Crippen LogP contribution in [0.2, 0.25) is 0 Å². The lowest BCUT2D eigenvalue weighted by molar-refractivity contribution is 0.251. The third-order valence-electron chi connectivity index (χ3n) is 3.57. The Labute approximate surface area is 154 Å². The largest absolute Gasteiger partial charge is 0.496 e. The number of ether oxygens (including phenoxy) is 3. The van der Waals surface area contributed by atoms with Crippen LogP contribution in [0.1, 0.15) is 12.0 Å². The molecule has 0 radical (unpaired) electrons. The summed E-state index contributed by atoms with van der Waals surface area (Å²) >= 11 is 2.14. The summed E-state index contributed by atoms with van der Waals surface area (Å²) in [5.74, 6) is 0.258. The second-order valence-electron chi connectivity index (χ2n) is 5.31. The van der Waals surface area contributed by atoms with Crippen LogP contribution in [0.3, 0.4) is 0 Å². The number of halogens is 2. The Morgan fingerprint density at radius 2 is 1.88 bits per heavy atom. The Bertz CT molecular complexity index is 725. The van der Waals surface area contributed by atoms with Crippen molar-refractivity contribution in [3.05, 3.63) is 42.0 Å². The van der Waals surface area contributed by atoms with Crippen molar-refractivity contribution < 1.29 is 23.0 Å². The molecule has 7 heteroatoms. The van der Waals surface area contributed by atoms with Crippen molar-refractivity contribution >= 4 is 23.5 Å². The molecule has 3 rings (SSSR count). The van der Waals surface area contributed by atoms with E-state index >= 15 is 0 Å². The Balaban J connectivity index is 1.68. The van der Waals surface area contributed by atoms with E-state index < -0.39 is 5.76 Å². The second kappa shape index (κ2) is 8.67. The standard InChI is InChI=1S/C18H18F2O3S2/c1-21-16-9-12(3-6-17(16)25-18(19)20)11-24-13-4-5-14-15(10-13)23-8-2-7-22-14/h3-6,9-10,18H,2,7-8,11H2,1H3. The van der Waals surface area contributed by atoms with E-state index in [1.165, 1.54) is 7.11 Å². The van der Waals surface area contributed by atoms with E-state index in [0.717, 1.165) is 28.4 Å². The molecule has 2 aromatic carbocycles. The molecule has 2 aromatic rings. The van der Waals surface area contributed by atoms with Gasteiger partial charge in [0.05, 0.1) is 25.2 Å². The molecule has 0 aromatic heterocycles. The quantitative estimate of drug-likeness (QED) is 0.616. The highest BCUT2D eigenvalue weighted by Crippen LogP contribution is 2.37. The SMILES string of the molecule is COc1cc(CSc2ccc3c(c2)OCCCO3)ccc1SC(F)F. The predicted molar refractivity (Wildman–Crippen MR) is 96.5 cm³/mol. The van der Waals surface area contributed by atoms with E-state index in [-0.39, 0.29) is 0 Å². The first-order valence-electron chi connectivity index (χ1n) is 7.80. The van der Waals surface area contributed by atoms with E-state index in [1.807, 2.05) is 24.3 Å². The van der Waals surface area contributed by atoms with Gasteiger partial charge in [-0.25, -0.2) is 0 Å². The molecule has 1 aliphatic heterocycles. The lowest BCUT2D eigenvalue weighted by atomic mass is 10.2. The molecule has 0 N–H and O–H groups in total. The molecule has 0 atom stereocenters. The van der Waals surface area contributed by atoms with Crippen molar-refractivity contribution in [2.45, 2.75) is 27.7 Å². The van der Waals surface area contributed by atoms with Crippen molar-refractivity contribution in [2.24, 2.45) is 0 Å². The van der Waals surface area contributed by atoms with Crippen LogP contribution in [0.15, 0.2) is 46.2 Å². The molecule has 0 saturated heterocycles. The first-order chi connectivity index (χ1) is 12.2. The van der Waals surface area contributed by atoms with Crippen molar-refractivity contribution in [2.75, 3.05) is 20.3 Å². The van der Waals surface area contributed by atoms with Crippen LogP contribution in [-0.2, 0) is 5.75 Å². The Hall–Kier alpha value is -1.60. The summed E-state index contributed by atoms with van der Waals surface area (Å²) < 4.78 is 41.7. The minimum atomic E-state index is -2.46. The average Bonchev–Trinajstić information content (AvgIpc) is 2.85. The van der Waals surface area contributed by atoms with Gasteiger partial charge < -0.3 is 14.2 Å². The van der Waals surface area contributed by atoms with Crippen molar-refractivity contribution in [1.82, 2.24) is 0 Å². The van der Waals surface area contributed by atoms with Gasteiger partial charge in [0.15, 0.2) is 11.5 Å². The van der Waals surface area contributed by atoms with Crippen LogP contribution in [0.5, 0.6) is 17.2 Å². The molecule has 0 spiro atoms. The van der Waals surface area contributed by atoms with Crippen LogP contribution < -0.4 is 14.2 Å². The van der Waals surface area contributed by atoms with E-state index in [4.69, 9.17) is 14.2 Å². The van der Waals surface area contributed by atoms with E-state index in [9.17, 15) is 8.78 Å². The molecule has 1 aliphatic rings. The van der Waals surface area contributed by atoms with Crippen molar-refractivity contribution in [3.63, 3.8) is 0 Å². The van der Waals surface area contributed by atoms with Crippen LogP contribution in [0, 0.1) is 0 Å². The molecule has 1 heterocycles. The fourth-order valence-corrected chi connectivity index (χ4v) is 3.86. The topological polar surface area (TPSA) is 27.7 Å². The summed E-state index contributed by atoms with van der Waals surface area (Å²) in [6, 6.07) is 11.2. The number of thioether (sulfide) groups is 2. The first-order valence-corrected chi connectivity index (χ1v) is 9.66. The van der Waals surface area contributed by atoms with Gasteiger partial charge in [-0.1, -0.05) is 17.8 Å². The zero-order valence-corrected chi connectivity index (χ0v) is 15.3. The van der Waals surface area contributed by atoms with Crippen LogP contribution in [-0.4, -0.2) is 26.1 Å². The fraction of sp³-hybridized carbons (Fsp3) is 0.333. The second-order valence-corrected chi connectivity index (χ2v) is 7.39. The molecule has 0 saturated carbocycles. The summed E-state index contributed by atoms with van der Waals surface area (Å²) in [6.45, 7) is 1.32. The van der Waals surface area contributed by atoms with Crippen LogP contribution in [0.4, 0.5) is 8.78 Å². The lowest BCUT2D eigenvalue weighted by Gasteiger charge is -2.11. The number of hydrogen-bond donors (Lipinski definition) is 0. The first kappa shape index (κ1) is 18.2. The number of benzene rings is 2. The number of rotatable bonds is 6. The molecule has 0 unspecified atom stereocenters. The normalized spacial score (nSPS) is 13.6. The summed E-state index contributed by atoms with van der Waals surface area (Å²) in [4.78, 5) is 1.51. The minimum Gasteiger partial charge on any atom is -0.496 e. The van der Waals surface area contributed by atoms with Crippen molar-refractivity contribution in [1.29, 1.82) is 0 Å². The average molecular weight is 384 g/mol. The van der Waals surface area contributed by atoms with E-state index in [1.54, 1.807) is 23.9 Å². The van der Waals surface area contributed by atoms with Gasteiger partial charge in [-0.3, -0.25) is 0 Å². The van der Waals surface area contributed by atoms with Crippen LogP contribution >= 0.6 is 23.5 Å². The zero-order valence-electron chi connectivity index (χ0n) is 13.7. The maximum atomic E-state index is 12.6. The molecule has 0 fully saturated rings. The molecule has 0 bridgehead atoms. The Kier molecular flexibility index (Phi) is 6.31. The van der Waals surface area contributed by atoms with Crippen molar-refractivity contribution in [3.8, 4) is 17.2 Å². The predicted octanol–water partition coefficient (Wildman–Crippen LogP) is 5.46. The summed E-state index contributed by atoms with van der Waals surface area (Å²) in [7, 11) is 1.49. The van der Waals surface area contributed by atoms with Gasteiger partial charge in [0.25, 0.3) is 5.76 Å². The molecule has 3 nitrogen and oxygen atoms in total. The van der Waals surface area contributed by atoms with E-state index in [2.05, 4.69) is 0 Å². The third kappa shape index (κ3) is 4.95. The smallest absolute Gasteiger partial charge is 0.289 e. The number of methoxy groups -OCH3 is 1. The zero-order chi connectivity index (χ0) is 17.6. The maximum absolute atomic E-state index is 12.6. The molecular weight excluding hydrogens is 366 g/mol. The van der Waals surface area contributed by atoms with Gasteiger partial charge in [-0.05, 0) is 35.9 Å². The van der Waals surface area contributed by atoms with Gasteiger partial charge in [0, 0.05) is 17.1 Å². The number of alkyl halides is 2. The molecule has 0 aliphatic carbocycles. The van der Waals surface area contributed by atoms with E-state index in [0.29, 0.717) is 41.4 Å². The van der Waals surface area contributed by atoms with Gasteiger partial charge >= 0.3 is 0 Å². The summed E-state index contributed by atoms with van der Waals surface area (Å²) in [5.41, 5.74) is 1.01. The highest BCUT2D eigenvalue weighted by Gasteiger charge is 2.13. The van der Waals surface area contributed by atoms with Gasteiger partial charge in [0.1, 0.15) is 5.75 Å². The summed E-state index contributed by atoms with van der Waals surface area (Å²) in [5, 5.41) is 0. The summed E-state index contributed by atoms with van der Waals surface area (Å²) in [6.07, 6.45) is 0.875. The highest BCUT2D eigenvalue weighted by atomic mass is 32.2. The minimum absolute atomic E-state index is 0.446. The number of fused-ring (bicyclic) bond motifs is 1. The Morgan fingerprint density at radius 1 is 1.08 bits per heavy atom. The molecular formula is C18H18F2O3S2. The molecule has 0 amide bonds. The molecule has 25 heavy (non-hydrogen) atoms.